The molecule has 111 valence electrons. The van der Waals surface area contributed by atoms with E-state index in [1.807, 2.05) is 0 Å². The van der Waals surface area contributed by atoms with Crippen molar-refractivity contribution in [2.75, 3.05) is 7.11 Å². The Bertz CT molecular complexity index is 432. The van der Waals surface area contributed by atoms with E-state index in [0.29, 0.717) is 0 Å². The molecule has 0 aliphatic heterocycles. The zero-order valence-electron chi connectivity index (χ0n) is 18.3. The van der Waals surface area contributed by atoms with Gasteiger partial charge in [-0.2, -0.15) is 0 Å². The third-order valence-corrected chi connectivity index (χ3v) is 4.91. The molecule has 0 aromatic carbocycles. The van der Waals surface area contributed by atoms with E-state index in [4.69, 9.17) is 101 Å². The van der Waals surface area contributed by atoms with Gasteiger partial charge in [-0.25, -0.2) is 5.48 Å². The zero-order valence-corrected chi connectivity index (χ0v) is 18.3. The van der Waals surface area contributed by atoms with Crippen molar-refractivity contribution < 1.29 is 9.63 Å². The van der Waals surface area contributed by atoms with Gasteiger partial charge in [0.25, 0.3) is 0 Å². The Morgan fingerprint density at radius 3 is 1.10 bits per heavy atom. The number of hydrogen-bond donors (Lipinski definition) is 1. The Labute approximate surface area is 212 Å². The molecule has 31 heavy (non-hydrogen) atoms. The van der Waals surface area contributed by atoms with Crippen LogP contribution in [0.2, 0.25) is 0 Å². The summed E-state index contributed by atoms with van der Waals surface area (Å²) in [6.07, 6.45) is -9.19. The van der Waals surface area contributed by atoms with Gasteiger partial charge in [-0.1, -0.05) is 0 Å². The summed E-state index contributed by atoms with van der Waals surface area (Å²) in [5.41, 5.74) is 2.07. The molecule has 0 saturated carbocycles. The van der Waals surface area contributed by atoms with E-state index in [2.05, 4.69) is 10.3 Å². The molecule has 0 unspecified atom stereocenters. The number of carbonyl (C=O) groups is 1. The summed E-state index contributed by atoms with van der Waals surface area (Å²) in [5, 5.41) is 0. The third kappa shape index (κ3) is 12.4. The molecule has 3 nitrogen and oxygen atoms in total. The minimum atomic E-state index is -0.960. The molecule has 0 atom stereocenters. The molecule has 0 aromatic heterocycles. The quantitative estimate of drug-likeness (QED) is 0.278. The molecule has 0 fully saturated rings. The number of hydrogen-bond acceptors (Lipinski definition) is 2. The predicted molar refractivity (Wildman–Crippen MR) is 165 cm³/mol. The van der Waals surface area contributed by atoms with Crippen molar-refractivity contribution in [3.63, 3.8) is 0 Å². The van der Waals surface area contributed by atoms with Crippen LogP contribution in [0.15, 0.2) is 0 Å². The smallest absolute Gasteiger partial charge is 0.240 e. The maximum atomic E-state index is 9.81. The highest BCUT2D eigenvalue weighted by atomic mass is 16.6. The lowest BCUT2D eigenvalue weighted by Crippen LogP contribution is -2.85. The highest BCUT2D eigenvalue weighted by Crippen LogP contribution is 2.10. The predicted octanol–water partition coefficient (Wildman–Crippen LogP) is -9.84. The molecule has 0 aliphatic carbocycles. The lowest BCUT2D eigenvalue weighted by Gasteiger charge is -2.47. The SMILES string of the molecule is CONC(C)=O.[B][B]B(B([B])[B])B(B([B])[B])B(B(B([B])[B])B([B])[B])B(B([B])[B])B([B])[B]. The van der Waals surface area contributed by atoms with Gasteiger partial charge in [-0.15, -0.1) is 0 Å². The van der Waals surface area contributed by atoms with Crippen LogP contribution in [0.1, 0.15) is 6.92 Å². The van der Waals surface area contributed by atoms with Gasteiger partial charge in [0, 0.05) is 185 Å². The van der Waals surface area contributed by atoms with E-state index < -0.39 is 70.2 Å². The van der Waals surface area contributed by atoms with Crippen molar-refractivity contribution in [1.29, 1.82) is 0 Å². The zero-order chi connectivity index (χ0) is 25.0. The third-order valence-electron chi connectivity index (χ3n) is 4.91. The first-order chi connectivity index (χ1) is 14.1. The lowest BCUT2D eigenvalue weighted by molar-refractivity contribution is -0.128. The Morgan fingerprint density at radius 1 is 0.645 bits per heavy atom. The van der Waals surface area contributed by atoms with Crippen LogP contribution >= 0.6 is 0 Å². The van der Waals surface area contributed by atoms with E-state index in [1.54, 1.807) is 0 Å². The molecule has 0 spiro atoms. The van der Waals surface area contributed by atoms with Crippen LogP contribution in [-0.2, 0) is 9.63 Å². The second kappa shape index (κ2) is 17.5. The van der Waals surface area contributed by atoms with E-state index in [1.165, 1.54) is 21.1 Å². The van der Waals surface area contributed by atoms with Crippen LogP contribution in [0.3, 0.4) is 0 Å². The van der Waals surface area contributed by atoms with Gasteiger partial charge in [-0.3, -0.25) is 9.63 Å². The molecule has 0 saturated heterocycles. The molecule has 28 heteroatoms. The first kappa shape index (κ1) is 34.2. The molecule has 0 heterocycles. The van der Waals surface area contributed by atoms with Crippen LogP contribution in [0.25, 0.3) is 0 Å². The maximum absolute atomic E-state index is 9.81. The second-order valence-corrected chi connectivity index (χ2v) is 7.41. The topological polar surface area (TPSA) is 38.3 Å². The van der Waals surface area contributed by atoms with Gasteiger partial charge in [0.15, 0.2) is 0 Å². The molecule has 0 aliphatic rings. The minimum absolute atomic E-state index is 0.183. The normalized spacial score (nSPS) is 8.97. The Morgan fingerprint density at radius 2 is 0.968 bits per heavy atom. The largest absolute Gasteiger partial charge is 0.277 e. The summed E-state index contributed by atoms with van der Waals surface area (Å²) < 4.78 is 0. The second-order valence-electron chi connectivity index (χ2n) is 7.41. The van der Waals surface area contributed by atoms with Crippen LogP contribution in [-0.4, -0.2) is 191 Å². The summed E-state index contributed by atoms with van der Waals surface area (Å²) in [6.45, 7) is 1.38. The average Bonchev–Trinajstić information content (AvgIpc) is 2.57. The molecule has 1 N–H and O–H groups in total. The van der Waals surface area contributed by atoms with Crippen LogP contribution in [0.5, 0.6) is 0 Å². The van der Waals surface area contributed by atoms with Gasteiger partial charge < -0.3 is 0 Å². The van der Waals surface area contributed by atoms with Crippen molar-refractivity contribution in [1.82, 2.24) is 5.48 Å². The lowest BCUT2D eigenvalue weighted by atomic mass is 8.35. The number of nitrogens with one attached hydrogen (secondary N) is 1. The minimum Gasteiger partial charge on any atom is -0.277 e. The fraction of sp³-hybridized carbons (Fsp3) is 0.667. The maximum Gasteiger partial charge on any atom is 0.240 e. The fourth-order valence-corrected chi connectivity index (χ4v) is 3.74. The summed E-state index contributed by atoms with van der Waals surface area (Å²) >= 11 is 0. The van der Waals surface area contributed by atoms with Crippen molar-refractivity contribution in [3.05, 3.63) is 0 Å². The van der Waals surface area contributed by atoms with Gasteiger partial charge >= 0.3 is 0 Å². The monoisotopic (exact) mass is 364 g/mol. The Kier molecular flexibility index (Phi) is 19.3. The highest BCUT2D eigenvalue weighted by molar-refractivity contribution is 8.24. The van der Waals surface area contributed by atoms with Gasteiger partial charge in [-0.05, 0) is 0 Å². The first-order valence-corrected chi connectivity index (χ1v) is 9.57. The van der Waals surface area contributed by atoms with Crippen LogP contribution in [0, 0.1) is 0 Å². The van der Waals surface area contributed by atoms with Crippen LogP contribution < -0.4 is 5.48 Å². The van der Waals surface area contributed by atoms with Gasteiger partial charge in [0.2, 0.25) is 5.91 Å². The fourth-order valence-electron chi connectivity index (χ4n) is 3.74. The van der Waals surface area contributed by atoms with E-state index in [-0.39, 0.29) is 5.91 Å². The van der Waals surface area contributed by atoms with Crippen molar-refractivity contribution in [3.8, 4) is 0 Å². The molecule has 0 aromatic rings. The molecular weight excluding hydrogens is 352 g/mol. The summed E-state index contributed by atoms with van der Waals surface area (Å²) in [7, 11) is 79.3. The molecule has 0 bridgehead atoms. The Hall–Kier alpha value is 1.05. The van der Waals surface area contributed by atoms with E-state index in [0.717, 1.165) is 0 Å². The van der Waals surface area contributed by atoms with Crippen molar-refractivity contribution in [2.45, 2.75) is 6.92 Å². The van der Waals surface area contributed by atoms with Crippen molar-refractivity contribution in [2.24, 2.45) is 0 Å². The number of amides is 1. The van der Waals surface area contributed by atoms with E-state index in [9.17, 15) is 4.79 Å². The standard InChI is InChI=1S/C3H7NO2.B25/c1-3(5)4-6-2;1-14-21(15(2)3)24(20(12)13)25(22(16(4)5)17(6)7)23(18(8)9)19(10)11/h1-2H3,(H,4,5);. The highest BCUT2D eigenvalue weighted by Gasteiger charge is 2.48. The summed E-state index contributed by atoms with van der Waals surface area (Å²) in [4.78, 5) is 14.0. The van der Waals surface area contributed by atoms with Crippen LogP contribution in [0.4, 0.5) is 0 Å². The average molecular weight is 359 g/mol. The number of hydroxylamine groups is 1. The Balaban J connectivity index is 0. The number of carbonyl (C=O) groups excluding carboxylic acids is 1. The molecule has 0 rings (SSSR count). The van der Waals surface area contributed by atoms with Gasteiger partial charge in [0.1, 0.15) is 0 Å². The molecule has 1 amide bonds. The first-order valence-electron chi connectivity index (χ1n) is 9.57. The molecular formula is C3H7B25NO2. The number of rotatable bonds is 12. The van der Waals surface area contributed by atoms with Crippen molar-refractivity contribution >= 4 is 184 Å². The van der Waals surface area contributed by atoms with E-state index >= 15 is 0 Å². The molecule has 27 radical (unpaired) electrons. The summed E-state index contributed by atoms with van der Waals surface area (Å²) in [6, 6.07) is 0. The van der Waals surface area contributed by atoms with Gasteiger partial charge in [0.05, 0.1) is 7.11 Å². The summed E-state index contributed by atoms with van der Waals surface area (Å²) in [5.74, 6) is -0.183.